The highest BCUT2D eigenvalue weighted by atomic mass is 16.6. The fourth-order valence-electron chi connectivity index (χ4n) is 2.24. The minimum absolute atomic E-state index is 0.0382. The van der Waals surface area contributed by atoms with E-state index in [4.69, 9.17) is 9.47 Å². The zero-order valence-corrected chi connectivity index (χ0v) is 13.6. The van der Waals surface area contributed by atoms with Gasteiger partial charge in [-0.1, -0.05) is 0 Å². The molecule has 0 spiro atoms. The maximum atomic E-state index is 12.0. The highest BCUT2D eigenvalue weighted by molar-refractivity contribution is 5.76. The Kier molecular flexibility index (Phi) is 6.15. The normalized spacial score (nSPS) is 11.7. The first-order valence-electron chi connectivity index (χ1n) is 6.84. The average Bonchev–Trinajstić information content (AvgIpc) is 2.45. The summed E-state index contributed by atoms with van der Waals surface area (Å²) in [4.78, 5) is 23.9. The summed E-state index contributed by atoms with van der Waals surface area (Å²) >= 11 is 0. The van der Waals surface area contributed by atoms with Gasteiger partial charge in [-0.25, -0.2) is 0 Å². The summed E-state index contributed by atoms with van der Waals surface area (Å²) < 4.78 is 10.6. The molecule has 1 rings (SSSR count). The quantitative estimate of drug-likeness (QED) is 0.567. The van der Waals surface area contributed by atoms with Gasteiger partial charge in [0.15, 0.2) is 0 Å². The van der Waals surface area contributed by atoms with Crippen LogP contribution in [0.3, 0.4) is 0 Å². The largest absolute Gasteiger partial charge is 0.496 e. The van der Waals surface area contributed by atoms with Crippen molar-refractivity contribution in [2.75, 3.05) is 34.9 Å². The third-order valence-corrected chi connectivity index (χ3v) is 3.48. The molecular formula is C15H22N2O5. The molecule has 0 aliphatic heterocycles. The molecule has 1 amide bonds. The zero-order valence-electron chi connectivity index (χ0n) is 13.6. The Balaban J connectivity index is 3.27. The van der Waals surface area contributed by atoms with Gasteiger partial charge in [-0.15, -0.1) is 0 Å². The van der Waals surface area contributed by atoms with Gasteiger partial charge in [0.05, 0.1) is 20.1 Å². The number of methoxy groups -OCH3 is 2. The van der Waals surface area contributed by atoms with Crippen molar-refractivity contribution in [3.8, 4) is 11.5 Å². The van der Waals surface area contributed by atoms with Gasteiger partial charge >= 0.3 is 0 Å². The van der Waals surface area contributed by atoms with Gasteiger partial charge in [0, 0.05) is 31.0 Å². The molecule has 0 aromatic heterocycles. The van der Waals surface area contributed by atoms with Crippen molar-refractivity contribution in [2.24, 2.45) is 0 Å². The van der Waals surface area contributed by atoms with Crippen molar-refractivity contribution in [1.82, 2.24) is 4.90 Å². The van der Waals surface area contributed by atoms with Crippen LogP contribution in [-0.4, -0.2) is 50.6 Å². The van der Waals surface area contributed by atoms with Gasteiger partial charge in [-0.05, 0) is 24.6 Å². The predicted molar refractivity (Wildman–Crippen MR) is 82.2 cm³/mol. The molecule has 1 unspecified atom stereocenters. The molecule has 1 aromatic rings. The van der Waals surface area contributed by atoms with Gasteiger partial charge in [-0.3, -0.25) is 14.9 Å². The Hall–Kier alpha value is -2.31. The lowest BCUT2D eigenvalue weighted by Crippen LogP contribution is -2.26. The molecule has 1 aromatic carbocycles. The van der Waals surface area contributed by atoms with Crippen LogP contribution in [0.1, 0.15) is 23.5 Å². The number of ether oxygens (including phenoxy) is 2. The molecular weight excluding hydrogens is 288 g/mol. The van der Waals surface area contributed by atoms with E-state index >= 15 is 0 Å². The number of nitro groups is 1. The van der Waals surface area contributed by atoms with Crippen molar-refractivity contribution >= 4 is 5.91 Å². The molecule has 0 saturated carbocycles. The second-order valence-electron chi connectivity index (χ2n) is 5.27. The van der Waals surface area contributed by atoms with Crippen LogP contribution in [0.5, 0.6) is 11.5 Å². The Bertz CT molecular complexity index is 557. The van der Waals surface area contributed by atoms with Crippen LogP contribution in [0.4, 0.5) is 0 Å². The molecule has 0 aliphatic carbocycles. The lowest BCUT2D eigenvalue weighted by atomic mass is 9.93. The fourth-order valence-corrected chi connectivity index (χ4v) is 2.24. The molecule has 7 nitrogen and oxygen atoms in total. The zero-order chi connectivity index (χ0) is 16.9. The summed E-state index contributed by atoms with van der Waals surface area (Å²) in [6, 6.07) is 3.48. The minimum Gasteiger partial charge on any atom is -0.496 e. The summed E-state index contributed by atoms with van der Waals surface area (Å²) in [7, 11) is 6.28. The summed E-state index contributed by atoms with van der Waals surface area (Å²) in [6.07, 6.45) is 0.0382. The van der Waals surface area contributed by atoms with E-state index in [9.17, 15) is 14.9 Å². The first-order valence-corrected chi connectivity index (χ1v) is 6.84. The molecule has 7 heteroatoms. The van der Waals surface area contributed by atoms with Crippen molar-refractivity contribution < 1.29 is 19.2 Å². The molecule has 0 aliphatic rings. The molecule has 22 heavy (non-hydrogen) atoms. The second kappa shape index (κ2) is 7.63. The Morgan fingerprint density at radius 3 is 2.32 bits per heavy atom. The number of aryl methyl sites for hydroxylation is 1. The van der Waals surface area contributed by atoms with Gasteiger partial charge in [0.2, 0.25) is 12.5 Å². The summed E-state index contributed by atoms with van der Waals surface area (Å²) in [6.45, 7) is 1.51. The fraction of sp³-hybridized carbons (Fsp3) is 0.533. The average molecular weight is 310 g/mol. The second-order valence-corrected chi connectivity index (χ2v) is 5.27. The maximum absolute atomic E-state index is 12.0. The number of rotatable bonds is 7. The minimum atomic E-state index is -0.575. The lowest BCUT2D eigenvalue weighted by Gasteiger charge is -2.20. The molecule has 0 bridgehead atoms. The third-order valence-electron chi connectivity index (χ3n) is 3.48. The van der Waals surface area contributed by atoms with Crippen molar-refractivity contribution in [3.63, 3.8) is 0 Å². The van der Waals surface area contributed by atoms with Gasteiger partial charge in [0.25, 0.3) is 0 Å². The van der Waals surface area contributed by atoms with E-state index < -0.39 is 10.8 Å². The van der Waals surface area contributed by atoms with E-state index in [2.05, 4.69) is 0 Å². The highest BCUT2D eigenvalue weighted by Gasteiger charge is 2.26. The van der Waals surface area contributed by atoms with Crippen LogP contribution in [0.2, 0.25) is 0 Å². The van der Waals surface area contributed by atoms with Crippen molar-refractivity contribution in [1.29, 1.82) is 0 Å². The van der Waals surface area contributed by atoms with Crippen LogP contribution in [0, 0.1) is 17.0 Å². The molecule has 1 atom stereocenters. The number of amides is 1. The van der Waals surface area contributed by atoms with Gasteiger partial charge < -0.3 is 14.4 Å². The standard InChI is InChI=1S/C15H22N2O5/c1-10-6-14(22-5)12(8-13(10)21-4)11(9-17(19)20)7-15(18)16(2)3/h6,8,11H,7,9H2,1-5H3. The van der Waals surface area contributed by atoms with E-state index in [1.54, 1.807) is 26.2 Å². The molecule has 0 N–H and O–H groups in total. The van der Waals surface area contributed by atoms with Crippen LogP contribution in [0.15, 0.2) is 12.1 Å². The van der Waals surface area contributed by atoms with Crippen LogP contribution in [-0.2, 0) is 4.79 Å². The van der Waals surface area contributed by atoms with Crippen LogP contribution < -0.4 is 9.47 Å². The summed E-state index contributed by atoms with van der Waals surface area (Å²) in [5.74, 6) is 0.390. The van der Waals surface area contributed by atoms with Crippen LogP contribution >= 0.6 is 0 Å². The predicted octanol–water partition coefficient (Wildman–Crippen LogP) is 1.85. The van der Waals surface area contributed by atoms with Crippen molar-refractivity contribution in [2.45, 2.75) is 19.3 Å². The Morgan fingerprint density at radius 1 is 1.27 bits per heavy atom. The van der Waals surface area contributed by atoms with Crippen molar-refractivity contribution in [3.05, 3.63) is 33.4 Å². The monoisotopic (exact) mass is 310 g/mol. The number of hydrogen-bond acceptors (Lipinski definition) is 5. The molecule has 0 heterocycles. The number of nitrogens with zero attached hydrogens (tertiary/aromatic N) is 2. The Labute approximate surface area is 130 Å². The highest BCUT2D eigenvalue weighted by Crippen LogP contribution is 2.35. The topological polar surface area (TPSA) is 81.9 Å². The number of carbonyl (C=O) groups is 1. The first-order chi connectivity index (χ1) is 10.3. The van der Waals surface area contributed by atoms with E-state index in [1.165, 1.54) is 19.1 Å². The van der Waals surface area contributed by atoms with E-state index in [0.717, 1.165) is 5.56 Å². The lowest BCUT2D eigenvalue weighted by molar-refractivity contribution is -0.483. The van der Waals surface area contributed by atoms with Gasteiger partial charge in [0.1, 0.15) is 11.5 Å². The Morgan fingerprint density at radius 2 is 1.86 bits per heavy atom. The van der Waals surface area contributed by atoms with Crippen LogP contribution in [0.25, 0.3) is 0 Å². The summed E-state index contributed by atoms with van der Waals surface area (Å²) in [5, 5.41) is 11.0. The molecule has 122 valence electrons. The van der Waals surface area contributed by atoms with E-state index in [0.29, 0.717) is 17.1 Å². The maximum Gasteiger partial charge on any atom is 0.222 e. The number of benzene rings is 1. The van der Waals surface area contributed by atoms with E-state index in [1.807, 2.05) is 6.92 Å². The number of carbonyl (C=O) groups excluding carboxylic acids is 1. The van der Waals surface area contributed by atoms with E-state index in [-0.39, 0.29) is 18.9 Å². The SMILES string of the molecule is COc1cc(C(CC(=O)N(C)C)C[N+](=O)[O-])c(OC)cc1C. The molecule has 0 fully saturated rings. The number of hydrogen-bond donors (Lipinski definition) is 0. The smallest absolute Gasteiger partial charge is 0.222 e. The summed E-state index contributed by atoms with van der Waals surface area (Å²) in [5.41, 5.74) is 1.47. The third kappa shape index (κ3) is 4.34. The van der Waals surface area contributed by atoms with Gasteiger partial charge in [-0.2, -0.15) is 0 Å². The molecule has 0 radical (unpaired) electrons. The molecule has 0 saturated heterocycles. The first kappa shape index (κ1) is 17.7.